The Labute approximate surface area is 195 Å². The van der Waals surface area contributed by atoms with Gasteiger partial charge in [0.1, 0.15) is 24.2 Å². The van der Waals surface area contributed by atoms with Crippen molar-refractivity contribution >= 4 is 35.6 Å². The molecule has 4 amide bonds. The maximum absolute atomic E-state index is 12.7. The van der Waals surface area contributed by atoms with E-state index in [2.05, 4.69) is 20.9 Å². The highest BCUT2D eigenvalue weighted by molar-refractivity contribution is 5.94. The summed E-state index contributed by atoms with van der Waals surface area (Å²) in [7, 11) is 0. The van der Waals surface area contributed by atoms with Gasteiger partial charge in [0.25, 0.3) is 0 Å². The third-order valence-corrected chi connectivity index (χ3v) is 4.51. The van der Waals surface area contributed by atoms with Crippen LogP contribution in [-0.4, -0.2) is 94.3 Å². The molecule has 0 saturated carbocycles. The van der Waals surface area contributed by atoms with Gasteiger partial charge in [0.2, 0.25) is 23.6 Å². The number of rotatable bonds is 16. The quantitative estimate of drug-likeness (QED) is 0.0552. The first-order chi connectivity index (χ1) is 15.8. The van der Waals surface area contributed by atoms with Crippen molar-refractivity contribution in [3.8, 4) is 0 Å². The highest BCUT2D eigenvalue weighted by atomic mass is 16.4. The van der Waals surface area contributed by atoms with Gasteiger partial charge >= 0.3 is 5.97 Å². The minimum absolute atomic E-state index is 0.00296. The van der Waals surface area contributed by atoms with E-state index >= 15 is 0 Å². The molecule has 0 bridgehead atoms. The van der Waals surface area contributed by atoms with Gasteiger partial charge < -0.3 is 54.2 Å². The van der Waals surface area contributed by atoms with Gasteiger partial charge in [-0.05, 0) is 26.2 Å². The van der Waals surface area contributed by atoms with Crippen LogP contribution < -0.4 is 38.9 Å². The van der Waals surface area contributed by atoms with E-state index in [1.807, 2.05) is 0 Å². The molecule has 0 aromatic heterocycles. The molecule has 5 atom stereocenters. The van der Waals surface area contributed by atoms with E-state index in [1.165, 1.54) is 6.92 Å². The van der Waals surface area contributed by atoms with Crippen molar-refractivity contribution in [2.24, 2.45) is 27.9 Å². The Bertz CT molecular complexity index is 756. The van der Waals surface area contributed by atoms with Crippen LogP contribution in [0.4, 0.5) is 0 Å². The van der Waals surface area contributed by atoms with Crippen LogP contribution in [0, 0.1) is 0 Å². The smallest absolute Gasteiger partial charge is 0.326 e. The van der Waals surface area contributed by atoms with Crippen LogP contribution >= 0.6 is 0 Å². The SMILES string of the molecule is CC(O)C(N)C(=O)NC(CCCN=C(N)N)C(=O)NC(CO)C(=O)NC(CCC(N)=O)C(=O)O. The first kappa shape index (κ1) is 30.5. The van der Waals surface area contributed by atoms with Crippen molar-refractivity contribution in [3.63, 3.8) is 0 Å². The van der Waals surface area contributed by atoms with Gasteiger partial charge in [0.15, 0.2) is 5.96 Å². The summed E-state index contributed by atoms with van der Waals surface area (Å²) in [6.07, 6.45) is -1.61. The van der Waals surface area contributed by atoms with Crippen molar-refractivity contribution in [2.45, 2.75) is 62.9 Å². The zero-order valence-corrected chi connectivity index (χ0v) is 18.8. The van der Waals surface area contributed by atoms with Gasteiger partial charge in [-0.25, -0.2) is 4.79 Å². The molecule has 0 radical (unpaired) electrons. The molecular weight excluding hydrogens is 456 g/mol. The Hall–Kier alpha value is -3.50. The number of aliphatic imine (C=N–C) groups is 1. The number of hydrogen-bond donors (Lipinski definition) is 10. The van der Waals surface area contributed by atoms with Crippen molar-refractivity contribution in [1.82, 2.24) is 16.0 Å². The summed E-state index contributed by atoms with van der Waals surface area (Å²) in [6, 6.07) is -5.67. The van der Waals surface area contributed by atoms with E-state index < -0.39 is 66.5 Å². The molecule has 0 spiro atoms. The second kappa shape index (κ2) is 15.4. The van der Waals surface area contributed by atoms with Gasteiger partial charge in [-0.3, -0.25) is 24.2 Å². The van der Waals surface area contributed by atoms with Crippen LogP contribution in [0.1, 0.15) is 32.6 Å². The van der Waals surface area contributed by atoms with Crippen molar-refractivity contribution in [2.75, 3.05) is 13.2 Å². The number of carbonyl (C=O) groups excluding carboxylic acids is 4. The van der Waals surface area contributed by atoms with Crippen molar-refractivity contribution in [1.29, 1.82) is 0 Å². The minimum atomic E-state index is -1.58. The van der Waals surface area contributed by atoms with Crippen molar-refractivity contribution < 1.29 is 39.3 Å². The van der Waals surface area contributed by atoms with Crippen molar-refractivity contribution in [3.05, 3.63) is 0 Å². The zero-order valence-electron chi connectivity index (χ0n) is 18.8. The van der Waals surface area contributed by atoms with Crippen LogP contribution in [0.2, 0.25) is 0 Å². The van der Waals surface area contributed by atoms with E-state index in [1.54, 1.807) is 0 Å². The maximum atomic E-state index is 12.7. The normalized spacial score (nSPS) is 15.1. The monoisotopic (exact) mass is 490 g/mol. The fourth-order valence-corrected chi connectivity index (χ4v) is 2.54. The summed E-state index contributed by atoms with van der Waals surface area (Å²) in [6.45, 7) is 0.497. The second-order valence-corrected chi connectivity index (χ2v) is 7.42. The lowest BCUT2D eigenvalue weighted by Crippen LogP contribution is -2.58. The van der Waals surface area contributed by atoms with Gasteiger partial charge in [0.05, 0.1) is 12.7 Å². The summed E-state index contributed by atoms with van der Waals surface area (Å²) < 4.78 is 0. The second-order valence-electron chi connectivity index (χ2n) is 7.42. The predicted octanol–water partition coefficient (Wildman–Crippen LogP) is -5.46. The molecular formula is C18H34N8O8. The summed E-state index contributed by atoms with van der Waals surface area (Å²) >= 11 is 0. The Morgan fingerprint density at radius 3 is 1.88 bits per heavy atom. The number of hydrogen-bond acceptors (Lipinski definition) is 9. The summed E-state index contributed by atoms with van der Waals surface area (Å²) in [4.78, 5) is 63.3. The predicted molar refractivity (Wildman–Crippen MR) is 119 cm³/mol. The number of carboxylic acids is 1. The van der Waals surface area contributed by atoms with E-state index in [-0.39, 0.29) is 38.2 Å². The van der Waals surface area contributed by atoms with Gasteiger partial charge in [-0.2, -0.15) is 0 Å². The first-order valence-corrected chi connectivity index (χ1v) is 10.3. The molecule has 5 unspecified atom stereocenters. The number of guanidine groups is 1. The summed E-state index contributed by atoms with van der Waals surface area (Å²) in [5.74, 6) is -5.19. The summed E-state index contributed by atoms with van der Waals surface area (Å²) in [5.41, 5.74) is 21.0. The lowest BCUT2D eigenvalue weighted by Gasteiger charge is -2.24. The Kier molecular flexibility index (Phi) is 13.8. The number of carboxylic acid groups (broad SMARTS) is 1. The number of carbonyl (C=O) groups is 5. The number of primary amides is 1. The standard InChI is InChI=1S/C18H34N8O8/c1-8(28)13(20)16(32)24-9(3-2-6-23-18(21)22)14(30)26-11(7-27)15(31)25-10(17(33)34)4-5-12(19)29/h8-11,13,27-28H,2-7,20H2,1H3,(H2,19,29)(H,24,32)(H,25,31)(H,26,30)(H,33,34)(H4,21,22,23). The Morgan fingerprint density at radius 1 is 0.882 bits per heavy atom. The molecule has 0 aliphatic rings. The lowest BCUT2D eigenvalue weighted by molar-refractivity contribution is -0.143. The highest BCUT2D eigenvalue weighted by Gasteiger charge is 2.30. The molecule has 0 fully saturated rings. The topological polar surface area (TPSA) is 299 Å². The van der Waals surface area contributed by atoms with Gasteiger partial charge in [-0.15, -0.1) is 0 Å². The molecule has 0 rings (SSSR count). The van der Waals surface area contributed by atoms with Gasteiger partial charge in [0, 0.05) is 13.0 Å². The van der Waals surface area contributed by atoms with Crippen LogP contribution in [-0.2, 0) is 24.0 Å². The number of aliphatic hydroxyl groups is 2. The fourth-order valence-electron chi connectivity index (χ4n) is 2.54. The molecule has 16 nitrogen and oxygen atoms in total. The van der Waals surface area contributed by atoms with E-state index in [4.69, 9.17) is 22.9 Å². The van der Waals surface area contributed by atoms with Gasteiger partial charge in [-0.1, -0.05) is 0 Å². The third-order valence-electron chi connectivity index (χ3n) is 4.51. The van der Waals surface area contributed by atoms with E-state index in [0.717, 1.165) is 0 Å². The van der Waals surface area contributed by atoms with Crippen LogP contribution in [0.15, 0.2) is 4.99 Å². The Morgan fingerprint density at radius 2 is 1.41 bits per heavy atom. The van der Waals surface area contributed by atoms with Crippen LogP contribution in [0.5, 0.6) is 0 Å². The molecule has 0 heterocycles. The Balaban J connectivity index is 5.35. The first-order valence-electron chi connectivity index (χ1n) is 10.3. The largest absolute Gasteiger partial charge is 0.480 e. The highest BCUT2D eigenvalue weighted by Crippen LogP contribution is 2.03. The van der Waals surface area contributed by atoms with E-state index in [0.29, 0.717) is 0 Å². The zero-order chi connectivity index (χ0) is 26.4. The molecule has 14 N–H and O–H groups in total. The molecule has 16 heteroatoms. The number of aliphatic hydroxyl groups excluding tert-OH is 2. The molecule has 0 aliphatic carbocycles. The molecule has 0 saturated heterocycles. The number of amides is 4. The molecule has 194 valence electrons. The summed E-state index contributed by atoms with van der Waals surface area (Å²) in [5, 5.41) is 34.9. The fraction of sp³-hybridized carbons (Fsp3) is 0.667. The van der Waals surface area contributed by atoms with E-state index in [9.17, 15) is 39.3 Å². The number of nitrogens with two attached hydrogens (primary N) is 4. The lowest BCUT2D eigenvalue weighted by atomic mass is 10.1. The molecule has 34 heavy (non-hydrogen) atoms. The van der Waals surface area contributed by atoms with Crippen LogP contribution in [0.25, 0.3) is 0 Å². The van der Waals surface area contributed by atoms with Crippen LogP contribution in [0.3, 0.4) is 0 Å². The number of nitrogens with zero attached hydrogens (tertiary/aromatic N) is 1. The molecule has 0 aromatic carbocycles. The number of aliphatic carboxylic acids is 1. The number of nitrogens with one attached hydrogen (secondary N) is 3. The minimum Gasteiger partial charge on any atom is -0.480 e. The molecule has 0 aromatic rings. The maximum Gasteiger partial charge on any atom is 0.326 e. The third kappa shape index (κ3) is 11.9. The average Bonchev–Trinajstić information content (AvgIpc) is 2.75. The molecule has 0 aliphatic heterocycles. The average molecular weight is 491 g/mol.